The molecule has 0 aliphatic heterocycles. The molecular formula is C15H17BrO. The first-order valence-corrected chi connectivity index (χ1v) is 6.68. The zero-order valence-corrected chi connectivity index (χ0v) is 12.3. The maximum atomic E-state index is 5.38. The predicted molar refractivity (Wildman–Crippen MR) is 74.9 cm³/mol. The van der Waals surface area contributed by atoms with Crippen LogP contribution in [0.4, 0.5) is 0 Å². The van der Waals surface area contributed by atoms with Crippen LogP contribution in [0.2, 0.25) is 0 Å². The van der Waals surface area contributed by atoms with E-state index in [2.05, 4.69) is 48.8 Å². The number of aryl methyl sites for hydroxylation is 4. The van der Waals surface area contributed by atoms with Crippen LogP contribution in [0, 0.1) is 27.7 Å². The van der Waals surface area contributed by atoms with Crippen molar-refractivity contribution in [3.8, 4) is 0 Å². The van der Waals surface area contributed by atoms with Crippen LogP contribution in [0.5, 0.6) is 0 Å². The highest BCUT2D eigenvalue weighted by Gasteiger charge is 2.18. The second-order valence-corrected chi connectivity index (χ2v) is 5.52. The number of halogens is 1. The molecule has 2 rings (SSSR count). The molecule has 1 unspecified atom stereocenters. The number of hydrogen-bond donors (Lipinski definition) is 0. The molecule has 0 spiro atoms. The Morgan fingerprint density at radius 2 is 1.65 bits per heavy atom. The average Bonchev–Trinajstić information content (AvgIpc) is 2.62. The summed E-state index contributed by atoms with van der Waals surface area (Å²) in [6.07, 6.45) is 1.75. The van der Waals surface area contributed by atoms with Crippen LogP contribution >= 0.6 is 15.9 Å². The van der Waals surface area contributed by atoms with Crippen molar-refractivity contribution in [3.63, 3.8) is 0 Å². The summed E-state index contributed by atoms with van der Waals surface area (Å²) in [6, 6.07) is 6.49. The van der Waals surface area contributed by atoms with Gasteiger partial charge in [0.05, 0.1) is 11.1 Å². The van der Waals surface area contributed by atoms with Crippen molar-refractivity contribution in [3.05, 3.63) is 58.0 Å². The first-order valence-electron chi connectivity index (χ1n) is 5.76. The maximum absolute atomic E-state index is 5.38. The lowest BCUT2D eigenvalue weighted by atomic mass is 9.94. The number of benzene rings is 1. The van der Waals surface area contributed by atoms with Crippen molar-refractivity contribution in [2.24, 2.45) is 0 Å². The highest BCUT2D eigenvalue weighted by Crippen LogP contribution is 2.37. The Kier molecular flexibility index (Phi) is 3.43. The van der Waals surface area contributed by atoms with Gasteiger partial charge in [0.25, 0.3) is 0 Å². The largest absolute Gasteiger partial charge is 0.469 e. The minimum atomic E-state index is 0.210. The molecule has 0 fully saturated rings. The molecule has 0 saturated heterocycles. The topological polar surface area (TPSA) is 13.1 Å². The first-order chi connectivity index (χ1) is 8.00. The van der Waals surface area contributed by atoms with E-state index in [1.54, 1.807) is 6.26 Å². The molecule has 0 bridgehead atoms. The van der Waals surface area contributed by atoms with Crippen LogP contribution in [-0.4, -0.2) is 0 Å². The Labute approximate surface area is 111 Å². The van der Waals surface area contributed by atoms with E-state index in [1.165, 1.54) is 27.8 Å². The first kappa shape index (κ1) is 12.4. The van der Waals surface area contributed by atoms with E-state index in [-0.39, 0.29) is 4.83 Å². The Hall–Kier alpha value is -1.02. The molecule has 2 aromatic rings. The van der Waals surface area contributed by atoms with Crippen LogP contribution in [0.25, 0.3) is 0 Å². The van der Waals surface area contributed by atoms with Crippen LogP contribution < -0.4 is 0 Å². The van der Waals surface area contributed by atoms with Crippen LogP contribution in [0.15, 0.2) is 28.9 Å². The summed E-state index contributed by atoms with van der Waals surface area (Å²) in [5.74, 6) is 0.978. The molecule has 0 aliphatic carbocycles. The Morgan fingerprint density at radius 3 is 2.12 bits per heavy atom. The lowest BCUT2D eigenvalue weighted by Crippen LogP contribution is -2.00. The zero-order valence-electron chi connectivity index (χ0n) is 10.7. The fraction of sp³-hybridized carbons (Fsp3) is 0.333. The van der Waals surface area contributed by atoms with E-state index in [0.29, 0.717) is 0 Å². The van der Waals surface area contributed by atoms with Crippen LogP contribution in [-0.2, 0) is 0 Å². The van der Waals surface area contributed by atoms with E-state index < -0.39 is 0 Å². The summed E-state index contributed by atoms with van der Waals surface area (Å²) in [4.78, 5) is 0.210. The van der Waals surface area contributed by atoms with Gasteiger partial charge in [-0.15, -0.1) is 0 Å². The lowest BCUT2D eigenvalue weighted by Gasteiger charge is -2.16. The Balaban J connectivity index is 2.51. The van der Waals surface area contributed by atoms with Crippen molar-refractivity contribution in [2.75, 3.05) is 0 Å². The Morgan fingerprint density at radius 1 is 1.06 bits per heavy atom. The quantitative estimate of drug-likeness (QED) is 0.710. The van der Waals surface area contributed by atoms with Gasteiger partial charge in [0.15, 0.2) is 0 Å². The van der Waals surface area contributed by atoms with Crippen LogP contribution in [0.3, 0.4) is 0 Å². The summed E-state index contributed by atoms with van der Waals surface area (Å²) in [6.45, 7) is 8.47. The summed E-state index contributed by atoms with van der Waals surface area (Å²) in [5.41, 5.74) is 6.52. The Bertz CT molecular complexity index is 517. The predicted octanol–water partition coefficient (Wildman–Crippen LogP) is 5.00. The van der Waals surface area contributed by atoms with Crippen LogP contribution in [0.1, 0.15) is 38.4 Å². The smallest absolute Gasteiger partial charge is 0.105 e. The van der Waals surface area contributed by atoms with Gasteiger partial charge in [-0.05, 0) is 50.5 Å². The fourth-order valence-corrected chi connectivity index (χ4v) is 3.60. The second kappa shape index (κ2) is 4.69. The van der Waals surface area contributed by atoms with E-state index in [1.807, 2.05) is 13.0 Å². The number of alkyl halides is 1. The molecular weight excluding hydrogens is 276 g/mol. The number of furan rings is 1. The standard InChI is InChI=1S/C15H17BrO/c1-9-7-10(2)14(11(3)8-9)15(16)13-5-6-17-12(13)4/h5-8,15H,1-4H3. The third-order valence-electron chi connectivity index (χ3n) is 3.16. The maximum Gasteiger partial charge on any atom is 0.105 e. The van der Waals surface area contributed by atoms with Crippen molar-refractivity contribution < 1.29 is 4.42 Å². The van der Waals surface area contributed by atoms with Gasteiger partial charge in [-0.2, -0.15) is 0 Å². The van der Waals surface area contributed by atoms with Gasteiger partial charge < -0.3 is 4.42 Å². The van der Waals surface area contributed by atoms with Gasteiger partial charge in [-0.3, -0.25) is 0 Å². The van der Waals surface area contributed by atoms with Gasteiger partial charge in [0.1, 0.15) is 5.76 Å². The molecule has 0 saturated carbocycles. The van der Waals surface area contributed by atoms with Gasteiger partial charge in [-0.1, -0.05) is 33.6 Å². The lowest BCUT2D eigenvalue weighted by molar-refractivity contribution is 0.530. The molecule has 0 N–H and O–H groups in total. The SMILES string of the molecule is Cc1cc(C)c(C(Br)c2ccoc2C)c(C)c1. The van der Waals surface area contributed by atoms with Crippen molar-refractivity contribution >= 4 is 15.9 Å². The molecule has 2 heteroatoms. The van der Waals surface area contributed by atoms with Gasteiger partial charge >= 0.3 is 0 Å². The fourth-order valence-electron chi connectivity index (χ4n) is 2.40. The minimum absolute atomic E-state index is 0.210. The van der Waals surface area contributed by atoms with Crippen molar-refractivity contribution in [1.82, 2.24) is 0 Å². The van der Waals surface area contributed by atoms with E-state index >= 15 is 0 Å². The molecule has 17 heavy (non-hydrogen) atoms. The highest BCUT2D eigenvalue weighted by molar-refractivity contribution is 9.09. The van der Waals surface area contributed by atoms with Crippen molar-refractivity contribution in [2.45, 2.75) is 32.5 Å². The summed E-state index contributed by atoms with van der Waals surface area (Å²) < 4.78 is 5.38. The molecule has 1 atom stereocenters. The normalized spacial score (nSPS) is 12.8. The minimum Gasteiger partial charge on any atom is -0.469 e. The molecule has 0 radical (unpaired) electrons. The average molecular weight is 293 g/mol. The highest BCUT2D eigenvalue weighted by atomic mass is 79.9. The molecule has 0 amide bonds. The van der Waals surface area contributed by atoms with Crippen molar-refractivity contribution in [1.29, 1.82) is 0 Å². The molecule has 1 nitrogen and oxygen atoms in total. The zero-order chi connectivity index (χ0) is 12.6. The molecule has 90 valence electrons. The molecule has 1 heterocycles. The van der Waals surface area contributed by atoms with Gasteiger partial charge in [-0.25, -0.2) is 0 Å². The summed E-state index contributed by atoms with van der Waals surface area (Å²) in [5, 5.41) is 0. The summed E-state index contributed by atoms with van der Waals surface area (Å²) >= 11 is 3.79. The van der Waals surface area contributed by atoms with Gasteiger partial charge in [0, 0.05) is 5.56 Å². The molecule has 0 aliphatic rings. The summed E-state index contributed by atoms with van der Waals surface area (Å²) in [7, 11) is 0. The van der Waals surface area contributed by atoms with E-state index in [9.17, 15) is 0 Å². The molecule has 1 aromatic carbocycles. The molecule has 1 aromatic heterocycles. The van der Waals surface area contributed by atoms with Gasteiger partial charge in [0.2, 0.25) is 0 Å². The van der Waals surface area contributed by atoms with E-state index in [4.69, 9.17) is 4.42 Å². The number of hydrogen-bond acceptors (Lipinski definition) is 1. The second-order valence-electron chi connectivity index (χ2n) is 4.61. The van der Waals surface area contributed by atoms with E-state index in [0.717, 1.165) is 5.76 Å². The third kappa shape index (κ3) is 2.32. The third-order valence-corrected chi connectivity index (χ3v) is 4.11. The number of rotatable bonds is 2. The monoisotopic (exact) mass is 292 g/mol.